The second kappa shape index (κ2) is 3.28. The lowest BCUT2D eigenvalue weighted by Gasteiger charge is -1.96. The largest absolute Gasteiger partial charge is 0.274 e. The van der Waals surface area contributed by atoms with E-state index in [9.17, 15) is 4.79 Å². The average Bonchev–Trinajstić information content (AvgIpc) is 1.94. The maximum atomic E-state index is 10.7. The van der Waals surface area contributed by atoms with Crippen molar-refractivity contribution in [3.05, 3.63) is 22.2 Å². The van der Waals surface area contributed by atoms with E-state index in [1.54, 1.807) is 6.92 Å². The summed E-state index contributed by atoms with van der Waals surface area (Å²) >= 11 is 8.32. The molecule has 0 spiro atoms. The summed E-state index contributed by atoms with van der Waals surface area (Å²) in [5.41, 5.74) is 0.208. The third-order valence-corrected chi connectivity index (χ3v) is 1.81. The lowest BCUT2D eigenvalue weighted by atomic mass is 10.4. The van der Waals surface area contributed by atoms with Crippen LogP contribution in [0.1, 0.15) is 16.3 Å². The molecule has 1 aromatic rings. The third-order valence-electron chi connectivity index (χ3n) is 1.05. The van der Waals surface area contributed by atoms with Crippen LogP contribution >= 0.6 is 27.5 Å². The molecule has 0 aliphatic rings. The first-order chi connectivity index (χ1) is 5.11. The van der Waals surface area contributed by atoms with Crippen molar-refractivity contribution >= 4 is 32.8 Å². The van der Waals surface area contributed by atoms with E-state index in [0.717, 1.165) is 0 Å². The summed E-state index contributed by atoms with van der Waals surface area (Å²) in [5, 5.41) is -0.581. The fourth-order valence-electron chi connectivity index (χ4n) is 0.593. The normalized spacial score (nSPS) is 9.73. The molecular formula is C6H4BrClN2O. The Hall–Kier alpha value is -0.480. The Balaban J connectivity index is 3.23. The number of nitrogens with zero attached hydrogens (tertiary/aromatic N) is 2. The zero-order chi connectivity index (χ0) is 8.43. The molecule has 1 aromatic heterocycles. The highest BCUT2D eigenvalue weighted by Gasteiger charge is 2.08. The van der Waals surface area contributed by atoms with Crippen LogP contribution in [0, 0.1) is 6.92 Å². The first-order valence-corrected chi connectivity index (χ1v) is 3.97. The topological polar surface area (TPSA) is 42.9 Å². The highest BCUT2D eigenvalue weighted by molar-refractivity contribution is 9.10. The Morgan fingerprint density at radius 1 is 1.73 bits per heavy atom. The van der Waals surface area contributed by atoms with Crippen LogP contribution in [-0.2, 0) is 0 Å². The lowest BCUT2D eigenvalue weighted by molar-refractivity contribution is 0.107. The van der Waals surface area contributed by atoms with Crippen molar-refractivity contribution in [1.82, 2.24) is 9.97 Å². The molecule has 0 fully saturated rings. The standard InChI is InChI=1S/C6H4BrClN2O/c1-3-9-2-4(7)5(10-3)6(8)11/h2H,1H3. The van der Waals surface area contributed by atoms with Gasteiger partial charge in [0.2, 0.25) is 0 Å². The van der Waals surface area contributed by atoms with Gasteiger partial charge in [-0.25, -0.2) is 9.97 Å². The molecule has 0 bridgehead atoms. The number of carbonyl (C=O) groups excluding carboxylic acids is 1. The van der Waals surface area contributed by atoms with E-state index in [4.69, 9.17) is 11.6 Å². The minimum Gasteiger partial charge on any atom is -0.274 e. The van der Waals surface area contributed by atoms with Crippen LogP contribution in [-0.4, -0.2) is 15.2 Å². The van der Waals surface area contributed by atoms with Gasteiger partial charge in [-0.1, -0.05) is 0 Å². The molecule has 3 nitrogen and oxygen atoms in total. The van der Waals surface area contributed by atoms with Gasteiger partial charge in [-0.05, 0) is 34.5 Å². The predicted octanol–water partition coefficient (Wildman–Crippen LogP) is 1.93. The Bertz CT molecular complexity index is 303. The summed E-state index contributed by atoms with van der Waals surface area (Å²) in [5.74, 6) is 0.525. The third kappa shape index (κ3) is 1.97. The van der Waals surface area contributed by atoms with Gasteiger partial charge >= 0.3 is 0 Å². The molecule has 0 aliphatic carbocycles. The summed E-state index contributed by atoms with van der Waals surface area (Å²) in [4.78, 5) is 18.3. The Morgan fingerprint density at radius 2 is 2.36 bits per heavy atom. The summed E-state index contributed by atoms with van der Waals surface area (Å²) in [7, 11) is 0. The SMILES string of the molecule is Cc1ncc(Br)c(C(=O)Cl)n1. The molecule has 5 heteroatoms. The molecule has 0 N–H and O–H groups in total. The van der Waals surface area contributed by atoms with Crippen LogP contribution in [0.25, 0.3) is 0 Å². The first-order valence-electron chi connectivity index (χ1n) is 2.80. The number of carbonyl (C=O) groups is 1. The second-order valence-corrected chi connectivity index (χ2v) is 3.09. The van der Waals surface area contributed by atoms with Crippen molar-refractivity contribution in [1.29, 1.82) is 0 Å². The monoisotopic (exact) mass is 234 g/mol. The van der Waals surface area contributed by atoms with Crippen molar-refractivity contribution in [2.75, 3.05) is 0 Å². The summed E-state index contributed by atoms with van der Waals surface area (Å²) in [6.45, 7) is 1.69. The first kappa shape index (κ1) is 8.62. The van der Waals surface area contributed by atoms with Gasteiger partial charge in [0.05, 0.1) is 4.47 Å². The van der Waals surface area contributed by atoms with Crippen molar-refractivity contribution < 1.29 is 4.79 Å². The van der Waals surface area contributed by atoms with Crippen LogP contribution in [0.15, 0.2) is 10.7 Å². The average molecular weight is 235 g/mol. The van der Waals surface area contributed by atoms with Crippen LogP contribution in [0.4, 0.5) is 0 Å². The quantitative estimate of drug-likeness (QED) is 0.699. The van der Waals surface area contributed by atoms with Gasteiger partial charge in [-0.2, -0.15) is 0 Å². The molecule has 0 saturated heterocycles. The van der Waals surface area contributed by atoms with E-state index in [0.29, 0.717) is 10.3 Å². The van der Waals surface area contributed by atoms with Gasteiger partial charge in [0, 0.05) is 6.20 Å². The van der Waals surface area contributed by atoms with E-state index >= 15 is 0 Å². The minimum absolute atomic E-state index is 0.208. The molecule has 0 aliphatic heterocycles. The van der Waals surface area contributed by atoms with E-state index in [-0.39, 0.29) is 5.69 Å². The molecular weight excluding hydrogens is 231 g/mol. The molecule has 1 rings (SSSR count). The van der Waals surface area contributed by atoms with Gasteiger partial charge in [-0.15, -0.1) is 0 Å². The van der Waals surface area contributed by atoms with Crippen LogP contribution in [0.2, 0.25) is 0 Å². The Kier molecular flexibility index (Phi) is 2.57. The van der Waals surface area contributed by atoms with Gasteiger partial charge in [-0.3, -0.25) is 4.79 Å². The fraction of sp³-hybridized carbons (Fsp3) is 0.167. The number of hydrogen-bond donors (Lipinski definition) is 0. The van der Waals surface area contributed by atoms with Crippen molar-refractivity contribution in [3.63, 3.8) is 0 Å². The highest BCUT2D eigenvalue weighted by atomic mass is 79.9. The van der Waals surface area contributed by atoms with Gasteiger partial charge < -0.3 is 0 Å². The van der Waals surface area contributed by atoms with Crippen molar-refractivity contribution in [2.45, 2.75) is 6.92 Å². The van der Waals surface area contributed by atoms with Crippen molar-refractivity contribution in [3.8, 4) is 0 Å². The van der Waals surface area contributed by atoms with Crippen molar-refractivity contribution in [2.24, 2.45) is 0 Å². The highest BCUT2D eigenvalue weighted by Crippen LogP contribution is 2.14. The van der Waals surface area contributed by atoms with Crippen LogP contribution in [0.3, 0.4) is 0 Å². The predicted molar refractivity (Wildman–Crippen MR) is 44.7 cm³/mol. The number of aromatic nitrogens is 2. The fourth-order valence-corrected chi connectivity index (χ4v) is 1.22. The van der Waals surface area contributed by atoms with Gasteiger partial charge in [0.25, 0.3) is 5.24 Å². The zero-order valence-electron chi connectivity index (χ0n) is 5.64. The molecule has 0 atom stereocenters. The molecule has 0 aromatic carbocycles. The number of halogens is 2. The molecule has 0 radical (unpaired) electrons. The Morgan fingerprint density at radius 3 is 2.82 bits per heavy atom. The molecule has 0 unspecified atom stereocenters. The van der Waals surface area contributed by atoms with E-state index < -0.39 is 5.24 Å². The van der Waals surface area contributed by atoms with Crippen LogP contribution in [0.5, 0.6) is 0 Å². The molecule has 58 valence electrons. The number of hydrogen-bond acceptors (Lipinski definition) is 3. The Labute approximate surface area is 76.9 Å². The van der Waals surface area contributed by atoms with Gasteiger partial charge in [0.15, 0.2) is 0 Å². The smallest absolute Gasteiger partial charge is 0.272 e. The number of aryl methyl sites for hydroxylation is 1. The van der Waals surface area contributed by atoms with E-state index in [1.165, 1.54) is 6.20 Å². The lowest BCUT2D eigenvalue weighted by Crippen LogP contribution is -1.99. The van der Waals surface area contributed by atoms with E-state index in [2.05, 4.69) is 25.9 Å². The number of rotatable bonds is 1. The summed E-state index contributed by atoms with van der Waals surface area (Å²) in [6.07, 6.45) is 1.50. The molecule has 0 saturated carbocycles. The van der Waals surface area contributed by atoms with Gasteiger partial charge in [0.1, 0.15) is 11.5 Å². The molecule has 0 amide bonds. The summed E-state index contributed by atoms with van der Waals surface area (Å²) < 4.78 is 0.517. The maximum Gasteiger partial charge on any atom is 0.272 e. The zero-order valence-corrected chi connectivity index (χ0v) is 7.98. The van der Waals surface area contributed by atoms with E-state index in [1.807, 2.05) is 0 Å². The molecule has 1 heterocycles. The molecule has 11 heavy (non-hydrogen) atoms. The maximum absolute atomic E-state index is 10.7. The minimum atomic E-state index is -0.581. The second-order valence-electron chi connectivity index (χ2n) is 1.89. The summed E-state index contributed by atoms with van der Waals surface area (Å²) in [6, 6.07) is 0. The van der Waals surface area contributed by atoms with Crippen LogP contribution < -0.4 is 0 Å².